The fraction of sp³-hybridized carbons (Fsp3) is 0.615. The lowest BCUT2D eigenvalue weighted by molar-refractivity contribution is 0.0793. The van der Waals surface area contributed by atoms with Crippen LogP contribution in [0.2, 0.25) is 0 Å². The zero-order chi connectivity index (χ0) is 11.4. The van der Waals surface area contributed by atoms with Crippen molar-refractivity contribution in [3.05, 3.63) is 23.9 Å². The minimum absolute atomic E-state index is 0.422. The Bertz CT molecular complexity index is 332. The smallest absolute Gasteiger partial charge is 0.126 e. The van der Waals surface area contributed by atoms with Crippen LogP contribution in [0.25, 0.3) is 0 Å². The van der Waals surface area contributed by atoms with Crippen LogP contribution in [-0.4, -0.2) is 24.2 Å². The molecule has 3 heteroatoms. The van der Waals surface area contributed by atoms with Gasteiger partial charge in [0.25, 0.3) is 0 Å². The molecular formula is C13H20N2O. The van der Waals surface area contributed by atoms with Crippen LogP contribution in [0.3, 0.4) is 0 Å². The van der Waals surface area contributed by atoms with E-state index in [1.54, 1.807) is 0 Å². The molecule has 1 aliphatic rings. The monoisotopic (exact) mass is 220 g/mol. The summed E-state index contributed by atoms with van der Waals surface area (Å²) >= 11 is 0. The van der Waals surface area contributed by atoms with E-state index in [-0.39, 0.29) is 0 Å². The van der Waals surface area contributed by atoms with Crippen LogP contribution in [0.1, 0.15) is 38.3 Å². The van der Waals surface area contributed by atoms with Crippen molar-refractivity contribution in [2.45, 2.75) is 38.6 Å². The highest BCUT2D eigenvalue weighted by atomic mass is 16.5. The van der Waals surface area contributed by atoms with Crippen LogP contribution in [0.4, 0.5) is 5.82 Å². The first kappa shape index (κ1) is 11.4. The maximum Gasteiger partial charge on any atom is 0.126 e. The highest BCUT2D eigenvalue weighted by Gasteiger charge is 2.17. The van der Waals surface area contributed by atoms with Gasteiger partial charge in [0.05, 0.1) is 6.61 Å². The van der Waals surface area contributed by atoms with E-state index in [4.69, 9.17) is 4.74 Å². The number of anilines is 1. The summed E-state index contributed by atoms with van der Waals surface area (Å²) in [5.74, 6) is 1.45. The number of aromatic nitrogens is 1. The summed E-state index contributed by atoms with van der Waals surface area (Å²) in [5.41, 5.74) is 1.16. The normalized spacial score (nSPS) is 21.1. The molecule has 0 radical (unpaired) electrons. The quantitative estimate of drug-likeness (QED) is 0.850. The molecule has 2 rings (SSSR count). The second-order valence-corrected chi connectivity index (χ2v) is 4.66. The van der Waals surface area contributed by atoms with Gasteiger partial charge in [0.2, 0.25) is 0 Å². The molecule has 0 saturated carbocycles. The van der Waals surface area contributed by atoms with Gasteiger partial charge in [-0.15, -0.1) is 0 Å². The first-order valence-corrected chi connectivity index (χ1v) is 6.07. The molecule has 1 aromatic rings. The summed E-state index contributed by atoms with van der Waals surface area (Å²) in [5, 5.41) is 3.33. The predicted molar refractivity (Wildman–Crippen MR) is 65.8 cm³/mol. The zero-order valence-corrected chi connectivity index (χ0v) is 10.1. The van der Waals surface area contributed by atoms with Gasteiger partial charge in [-0.1, -0.05) is 6.07 Å². The van der Waals surface area contributed by atoms with E-state index in [0.717, 1.165) is 31.1 Å². The molecule has 2 heterocycles. The van der Waals surface area contributed by atoms with Crippen molar-refractivity contribution in [3.8, 4) is 0 Å². The molecule has 0 aliphatic carbocycles. The maximum absolute atomic E-state index is 5.50. The van der Waals surface area contributed by atoms with Crippen LogP contribution in [0.5, 0.6) is 0 Å². The van der Waals surface area contributed by atoms with E-state index >= 15 is 0 Å². The molecule has 0 spiro atoms. The Balaban J connectivity index is 2.08. The van der Waals surface area contributed by atoms with Crippen molar-refractivity contribution in [3.63, 3.8) is 0 Å². The number of pyridine rings is 1. The Morgan fingerprint density at radius 3 is 3.00 bits per heavy atom. The molecule has 0 amide bonds. The van der Waals surface area contributed by atoms with Crippen molar-refractivity contribution in [1.29, 1.82) is 0 Å². The second kappa shape index (κ2) is 5.30. The molecule has 16 heavy (non-hydrogen) atoms. The summed E-state index contributed by atoms with van der Waals surface area (Å²) in [4.78, 5) is 4.65. The van der Waals surface area contributed by atoms with Gasteiger partial charge in [0.15, 0.2) is 0 Å². The molecule has 0 bridgehead atoms. The van der Waals surface area contributed by atoms with E-state index in [0.29, 0.717) is 12.0 Å². The second-order valence-electron chi connectivity index (χ2n) is 4.66. The Morgan fingerprint density at radius 2 is 2.31 bits per heavy atom. The lowest BCUT2D eigenvalue weighted by atomic mass is 9.98. The van der Waals surface area contributed by atoms with E-state index in [2.05, 4.69) is 36.3 Å². The van der Waals surface area contributed by atoms with Gasteiger partial charge in [0.1, 0.15) is 5.82 Å². The van der Waals surface area contributed by atoms with Gasteiger partial charge < -0.3 is 10.1 Å². The van der Waals surface area contributed by atoms with Crippen LogP contribution in [-0.2, 0) is 4.74 Å². The first-order valence-electron chi connectivity index (χ1n) is 6.07. The van der Waals surface area contributed by atoms with Gasteiger partial charge in [-0.2, -0.15) is 0 Å². The zero-order valence-electron chi connectivity index (χ0n) is 10.1. The van der Waals surface area contributed by atoms with Gasteiger partial charge in [-0.25, -0.2) is 4.98 Å². The van der Waals surface area contributed by atoms with E-state index in [1.807, 2.05) is 6.07 Å². The van der Waals surface area contributed by atoms with Gasteiger partial charge in [-0.3, -0.25) is 0 Å². The molecule has 1 unspecified atom stereocenters. The third-order valence-corrected chi connectivity index (χ3v) is 2.79. The molecule has 88 valence electrons. The summed E-state index contributed by atoms with van der Waals surface area (Å²) in [6.45, 7) is 5.97. The molecule has 1 N–H and O–H groups in total. The Kier molecular flexibility index (Phi) is 3.78. The molecule has 1 atom stereocenters. The molecular weight excluding hydrogens is 200 g/mol. The van der Waals surface area contributed by atoms with Gasteiger partial charge >= 0.3 is 0 Å². The number of nitrogens with zero attached hydrogens (tertiary/aromatic N) is 1. The van der Waals surface area contributed by atoms with Crippen molar-refractivity contribution in [1.82, 2.24) is 4.98 Å². The SMILES string of the molecule is CC(C)Nc1cccc(C2CCCOC2)n1. The van der Waals surface area contributed by atoms with Gasteiger partial charge in [0, 0.05) is 24.3 Å². The standard InChI is InChI=1S/C13H20N2O/c1-10(2)14-13-7-3-6-12(15-13)11-5-4-8-16-9-11/h3,6-7,10-11H,4-5,8-9H2,1-2H3,(H,14,15). The third kappa shape index (κ3) is 2.95. The molecule has 0 aromatic carbocycles. The van der Waals surface area contributed by atoms with Crippen LogP contribution < -0.4 is 5.32 Å². The fourth-order valence-corrected chi connectivity index (χ4v) is 2.03. The maximum atomic E-state index is 5.50. The number of hydrogen-bond acceptors (Lipinski definition) is 3. The summed E-state index contributed by atoms with van der Waals surface area (Å²) in [6.07, 6.45) is 2.34. The average Bonchev–Trinajstić information content (AvgIpc) is 2.30. The number of nitrogens with one attached hydrogen (secondary N) is 1. The summed E-state index contributed by atoms with van der Waals surface area (Å²) in [7, 11) is 0. The fourth-order valence-electron chi connectivity index (χ4n) is 2.03. The van der Waals surface area contributed by atoms with Crippen molar-refractivity contribution >= 4 is 5.82 Å². The highest BCUT2D eigenvalue weighted by molar-refractivity contribution is 5.36. The van der Waals surface area contributed by atoms with E-state index < -0.39 is 0 Å². The van der Waals surface area contributed by atoms with Crippen molar-refractivity contribution < 1.29 is 4.74 Å². The van der Waals surface area contributed by atoms with E-state index in [1.165, 1.54) is 6.42 Å². The Hall–Kier alpha value is -1.09. The first-order chi connectivity index (χ1) is 7.75. The number of ether oxygens (including phenoxy) is 1. The number of hydrogen-bond donors (Lipinski definition) is 1. The predicted octanol–water partition coefficient (Wildman–Crippen LogP) is 2.80. The van der Waals surface area contributed by atoms with Crippen LogP contribution in [0, 0.1) is 0 Å². The molecule has 3 nitrogen and oxygen atoms in total. The highest BCUT2D eigenvalue weighted by Crippen LogP contribution is 2.24. The average molecular weight is 220 g/mol. The molecule has 1 saturated heterocycles. The lowest BCUT2D eigenvalue weighted by Crippen LogP contribution is -2.18. The number of rotatable bonds is 3. The molecule has 1 fully saturated rings. The summed E-state index contributed by atoms with van der Waals surface area (Å²) in [6, 6.07) is 6.62. The Morgan fingerprint density at radius 1 is 1.44 bits per heavy atom. The lowest BCUT2D eigenvalue weighted by Gasteiger charge is -2.22. The van der Waals surface area contributed by atoms with Crippen LogP contribution >= 0.6 is 0 Å². The van der Waals surface area contributed by atoms with Crippen molar-refractivity contribution in [2.75, 3.05) is 18.5 Å². The van der Waals surface area contributed by atoms with Crippen LogP contribution in [0.15, 0.2) is 18.2 Å². The van der Waals surface area contributed by atoms with E-state index in [9.17, 15) is 0 Å². The molecule has 1 aromatic heterocycles. The minimum Gasteiger partial charge on any atom is -0.381 e. The summed E-state index contributed by atoms with van der Waals surface area (Å²) < 4.78 is 5.50. The van der Waals surface area contributed by atoms with Gasteiger partial charge in [-0.05, 0) is 38.8 Å². The largest absolute Gasteiger partial charge is 0.381 e. The minimum atomic E-state index is 0.422. The van der Waals surface area contributed by atoms with Crippen molar-refractivity contribution in [2.24, 2.45) is 0 Å². The third-order valence-electron chi connectivity index (χ3n) is 2.79. The Labute approximate surface area is 97.2 Å². The molecule has 1 aliphatic heterocycles. The topological polar surface area (TPSA) is 34.1 Å².